The number of rotatable bonds is 8. The highest BCUT2D eigenvalue weighted by atomic mass is 16.5. The van der Waals surface area contributed by atoms with Gasteiger partial charge in [-0.1, -0.05) is 6.07 Å². The van der Waals surface area contributed by atoms with Gasteiger partial charge < -0.3 is 18.9 Å². The number of ether oxygens (including phenoxy) is 4. The Morgan fingerprint density at radius 1 is 0.926 bits per heavy atom. The van der Waals surface area contributed by atoms with E-state index in [-0.39, 0.29) is 12.2 Å². The van der Waals surface area contributed by atoms with Crippen molar-refractivity contribution < 1.29 is 18.9 Å². The molecule has 0 aliphatic carbocycles. The first kappa shape index (κ1) is 19.7. The predicted octanol–water partition coefficient (Wildman–Crippen LogP) is 4.11. The minimum Gasteiger partial charge on any atom is -0.497 e. The number of allylic oxidation sites excluding steroid dienone is 1. The molecule has 0 aliphatic rings. The van der Waals surface area contributed by atoms with Gasteiger partial charge in [-0.3, -0.25) is 0 Å². The molecule has 0 heterocycles. The van der Waals surface area contributed by atoms with Crippen LogP contribution in [-0.2, 0) is 6.61 Å². The molecule has 0 radical (unpaired) electrons. The van der Waals surface area contributed by atoms with Crippen molar-refractivity contribution in [1.82, 2.24) is 0 Å². The number of nitriles is 2. The van der Waals surface area contributed by atoms with Gasteiger partial charge in [-0.05, 0) is 48.9 Å². The number of nitrogens with zero attached hydrogens (tertiary/aromatic N) is 2. The van der Waals surface area contributed by atoms with Gasteiger partial charge in [-0.25, -0.2) is 0 Å². The molecule has 0 saturated carbocycles. The topological polar surface area (TPSA) is 84.5 Å². The lowest BCUT2D eigenvalue weighted by Gasteiger charge is -2.15. The van der Waals surface area contributed by atoms with E-state index in [9.17, 15) is 0 Å². The minimum atomic E-state index is 0.0206. The van der Waals surface area contributed by atoms with Gasteiger partial charge in [0.15, 0.2) is 11.5 Å². The highest BCUT2D eigenvalue weighted by molar-refractivity contribution is 5.64. The molecule has 0 N–H and O–H groups in total. The lowest BCUT2D eigenvalue weighted by molar-refractivity contribution is 0.264. The van der Waals surface area contributed by atoms with Gasteiger partial charge in [0.05, 0.1) is 20.8 Å². The van der Waals surface area contributed by atoms with Crippen molar-refractivity contribution in [2.45, 2.75) is 13.5 Å². The van der Waals surface area contributed by atoms with E-state index >= 15 is 0 Å². The van der Waals surface area contributed by atoms with Gasteiger partial charge in [0, 0.05) is 5.56 Å². The Morgan fingerprint density at radius 3 is 2.30 bits per heavy atom. The van der Waals surface area contributed by atoms with Gasteiger partial charge in [-0.2, -0.15) is 10.5 Å². The average molecular weight is 364 g/mol. The second kappa shape index (κ2) is 9.74. The van der Waals surface area contributed by atoms with Crippen LogP contribution in [-0.4, -0.2) is 20.8 Å². The van der Waals surface area contributed by atoms with E-state index < -0.39 is 0 Å². The molecule has 138 valence electrons. The van der Waals surface area contributed by atoms with Gasteiger partial charge in [0.25, 0.3) is 0 Å². The van der Waals surface area contributed by atoms with Gasteiger partial charge in [0.2, 0.25) is 0 Å². The van der Waals surface area contributed by atoms with Crippen molar-refractivity contribution in [1.29, 1.82) is 10.5 Å². The monoisotopic (exact) mass is 364 g/mol. The Balaban J connectivity index is 2.27. The molecular formula is C21H20N2O4. The Bertz CT molecular complexity index is 891. The maximum Gasteiger partial charge on any atom is 0.161 e. The van der Waals surface area contributed by atoms with Crippen LogP contribution in [0.2, 0.25) is 0 Å². The first-order chi connectivity index (χ1) is 13.1. The summed E-state index contributed by atoms with van der Waals surface area (Å²) in [6.45, 7) is 2.58. The van der Waals surface area contributed by atoms with E-state index in [0.29, 0.717) is 35.2 Å². The fourth-order valence-electron chi connectivity index (χ4n) is 2.41. The van der Waals surface area contributed by atoms with Crippen molar-refractivity contribution in [3.63, 3.8) is 0 Å². The fraction of sp³-hybridized carbons (Fsp3) is 0.238. The van der Waals surface area contributed by atoms with Crippen LogP contribution >= 0.6 is 0 Å². The van der Waals surface area contributed by atoms with Crippen molar-refractivity contribution >= 4 is 6.08 Å². The highest BCUT2D eigenvalue weighted by Crippen LogP contribution is 2.32. The summed E-state index contributed by atoms with van der Waals surface area (Å²) < 4.78 is 22.2. The molecule has 2 rings (SSSR count). The summed E-state index contributed by atoms with van der Waals surface area (Å²) in [4.78, 5) is 0. The summed E-state index contributed by atoms with van der Waals surface area (Å²) in [6, 6.07) is 14.4. The highest BCUT2D eigenvalue weighted by Gasteiger charge is 2.10. The molecular weight excluding hydrogens is 344 g/mol. The van der Waals surface area contributed by atoms with Crippen LogP contribution in [0.3, 0.4) is 0 Å². The molecule has 27 heavy (non-hydrogen) atoms. The molecule has 0 atom stereocenters. The minimum absolute atomic E-state index is 0.0206. The zero-order valence-electron chi connectivity index (χ0n) is 15.5. The molecule has 0 fully saturated rings. The van der Waals surface area contributed by atoms with Crippen molar-refractivity contribution in [2.75, 3.05) is 20.8 Å². The number of hydrogen-bond acceptors (Lipinski definition) is 6. The van der Waals surface area contributed by atoms with Crippen molar-refractivity contribution in [3.05, 3.63) is 53.1 Å². The maximum absolute atomic E-state index is 8.90. The molecule has 0 aliphatic heterocycles. The summed E-state index contributed by atoms with van der Waals surface area (Å²) in [6.07, 6.45) is 1.50. The maximum atomic E-state index is 8.90. The zero-order valence-corrected chi connectivity index (χ0v) is 15.5. The van der Waals surface area contributed by atoms with Gasteiger partial charge in [0.1, 0.15) is 35.8 Å². The second-order valence-corrected chi connectivity index (χ2v) is 5.39. The van der Waals surface area contributed by atoms with Gasteiger partial charge >= 0.3 is 0 Å². The summed E-state index contributed by atoms with van der Waals surface area (Å²) in [7, 11) is 3.20. The third-order valence-electron chi connectivity index (χ3n) is 3.69. The van der Waals surface area contributed by atoms with E-state index in [2.05, 4.69) is 0 Å². The lowest BCUT2D eigenvalue weighted by atomic mass is 10.1. The summed E-state index contributed by atoms with van der Waals surface area (Å²) >= 11 is 0. The molecule has 6 nitrogen and oxygen atoms in total. The number of hydrogen-bond donors (Lipinski definition) is 0. The number of benzene rings is 2. The second-order valence-electron chi connectivity index (χ2n) is 5.39. The Morgan fingerprint density at radius 2 is 1.67 bits per heavy atom. The van der Waals surface area contributed by atoms with E-state index in [4.69, 9.17) is 29.5 Å². The van der Waals surface area contributed by atoms with Crippen LogP contribution in [0.4, 0.5) is 0 Å². The largest absolute Gasteiger partial charge is 0.497 e. The lowest BCUT2D eigenvalue weighted by Crippen LogP contribution is -2.02. The van der Waals surface area contributed by atoms with Crippen LogP contribution in [0.1, 0.15) is 18.1 Å². The molecule has 0 amide bonds. The van der Waals surface area contributed by atoms with E-state index in [1.165, 1.54) is 6.08 Å². The van der Waals surface area contributed by atoms with Crippen LogP contribution < -0.4 is 18.9 Å². The van der Waals surface area contributed by atoms with Crippen LogP contribution in [0, 0.1) is 22.7 Å². The van der Waals surface area contributed by atoms with Crippen LogP contribution in [0.15, 0.2) is 42.0 Å². The molecule has 0 saturated heterocycles. The molecule has 6 heteroatoms. The van der Waals surface area contributed by atoms with Crippen LogP contribution in [0.25, 0.3) is 6.08 Å². The van der Waals surface area contributed by atoms with E-state index in [1.54, 1.807) is 32.4 Å². The predicted molar refractivity (Wildman–Crippen MR) is 101 cm³/mol. The van der Waals surface area contributed by atoms with E-state index in [1.807, 2.05) is 37.3 Å². The molecule has 0 aromatic heterocycles. The van der Waals surface area contributed by atoms with Crippen molar-refractivity contribution in [3.8, 4) is 35.1 Å². The third kappa shape index (κ3) is 5.17. The fourth-order valence-corrected chi connectivity index (χ4v) is 2.41. The first-order valence-corrected chi connectivity index (χ1v) is 8.27. The Kier molecular flexibility index (Phi) is 7.10. The smallest absolute Gasteiger partial charge is 0.161 e. The Hall–Kier alpha value is -3.64. The standard InChI is InChI=1S/C21H20N2O4/c1-4-26-21-10-15(9-16(12-22)13-23)5-7-20(21)27-14-17-11-18(24-2)6-8-19(17)25-3/h5-11H,4,14H2,1-3H3. The number of methoxy groups -OCH3 is 2. The van der Waals surface area contributed by atoms with Crippen LogP contribution in [0.5, 0.6) is 23.0 Å². The normalized spacial score (nSPS) is 9.52. The molecule has 2 aromatic rings. The molecule has 2 aromatic carbocycles. The molecule has 0 unspecified atom stereocenters. The Labute approximate surface area is 158 Å². The quantitative estimate of drug-likeness (QED) is 0.655. The molecule has 0 bridgehead atoms. The summed E-state index contributed by atoms with van der Waals surface area (Å²) in [5.41, 5.74) is 1.54. The van der Waals surface area contributed by atoms with E-state index in [0.717, 1.165) is 5.56 Å². The summed E-state index contributed by atoms with van der Waals surface area (Å²) in [5, 5.41) is 17.8. The first-order valence-electron chi connectivity index (χ1n) is 8.27. The third-order valence-corrected chi connectivity index (χ3v) is 3.69. The zero-order chi connectivity index (χ0) is 19.6. The SMILES string of the molecule is CCOc1cc(C=C(C#N)C#N)ccc1OCc1cc(OC)ccc1OC. The van der Waals surface area contributed by atoms with Gasteiger partial charge in [-0.15, -0.1) is 0 Å². The summed E-state index contributed by atoms with van der Waals surface area (Å²) in [5.74, 6) is 2.49. The van der Waals surface area contributed by atoms with Crippen molar-refractivity contribution in [2.24, 2.45) is 0 Å². The average Bonchev–Trinajstić information content (AvgIpc) is 2.71. The molecule has 0 spiro atoms.